The standard InChI is InChI=1S/C10H15NO4/c1-6(12)11-10(9(13)14-2)5-7-3-4-15-8(7)10/h7-8H,3-5H2,1-2H3,(H,11,12)/t7-,8-,10+/m0/s1. The van der Waals surface area contributed by atoms with Gasteiger partial charge in [0, 0.05) is 13.5 Å². The number of fused-ring (bicyclic) bond motifs is 1. The van der Waals surface area contributed by atoms with Crippen molar-refractivity contribution in [2.45, 2.75) is 31.4 Å². The third-order valence-corrected chi connectivity index (χ3v) is 3.23. The molecule has 84 valence electrons. The Kier molecular flexibility index (Phi) is 2.42. The summed E-state index contributed by atoms with van der Waals surface area (Å²) in [6.45, 7) is 2.06. The molecule has 5 nitrogen and oxygen atoms in total. The average molecular weight is 213 g/mol. The minimum atomic E-state index is -0.929. The second-order valence-electron chi connectivity index (χ2n) is 4.19. The zero-order chi connectivity index (χ0) is 11.1. The molecule has 1 saturated heterocycles. The van der Waals surface area contributed by atoms with Crippen LogP contribution >= 0.6 is 0 Å². The molecule has 0 aromatic rings. The van der Waals surface area contributed by atoms with Crippen molar-refractivity contribution in [3.05, 3.63) is 0 Å². The van der Waals surface area contributed by atoms with Crippen LogP contribution in [0.25, 0.3) is 0 Å². The van der Waals surface area contributed by atoms with E-state index in [-0.39, 0.29) is 12.0 Å². The van der Waals surface area contributed by atoms with Crippen molar-refractivity contribution >= 4 is 11.9 Å². The molecule has 1 saturated carbocycles. The molecule has 1 heterocycles. The summed E-state index contributed by atoms with van der Waals surface area (Å²) in [6, 6.07) is 0. The molecular weight excluding hydrogens is 198 g/mol. The molecule has 2 rings (SSSR count). The number of esters is 1. The summed E-state index contributed by atoms with van der Waals surface area (Å²) in [7, 11) is 1.33. The maximum absolute atomic E-state index is 11.7. The first kappa shape index (κ1) is 10.4. The highest BCUT2D eigenvalue weighted by Crippen LogP contribution is 2.46. The number of methoxy groups -OCH3 is 1. The van der Waals surface area contributed by atoms with Gasteiger partial charge >= 0.3 is 5.97 Å². The number of ether oxygens (including phenoxy) is 2. The zero-order valence-electron chi connectivity index (χ0n) is 8.91. The first-order chi connectivity index (χ1) is 7.10. The number of hydrogen-bond acceptors (Lipinski definition) is 4. The average Bonchev–Trinajstić information content (AvgIpc) is 2.55. The van der Waals surface area contributed by atoms with Gasteiger partial charge in [0.25, 0.3) is 0 Å². The summed E-state index contributed by atoms with van der Waals surface area (Å²) in [6.07, 6.45) is 1.39. The lowest BCUT2D eigenvalue weighted by Gasteiger charge is -2.48. The fourth-order valence-electron chi connectivity index (χ4n) is 2.63. The van der Waals surface area contributed by atoms with E-state index in [2.05, 4.69) is 5.32 Å². The molecule has 0 spiro atoms. The lowest BCUT2D eigenvalue weighted by Crippen LogP contribution is -2.71. The van der Waals surface area contributed by atoms with Gasteiger partial charge in [0.05, 0.1) is 13.2 Å². The van der Waals surface area contributed by atoms with E-state index >= 15 is 0 Å². The van der Waals surface area contributed by atoms with Crippen LogP contribution in [0.4, 0.5) is 0 Å². The maximum atomic E-state index is 11.7. The van der Waals surface area contributed by atoms with E-state index in [1.54, 1.807) is 0 Å². The second kappa shape index (κ2) is 3.48. The van der Waals surface area contributed by atoms with Crippen LogP contribution < -0.4 is 5.32 Å². The molecular formula is C10H15NO4. The molecule has 1 amide bonds. The normalized spacial score (nSPS) is 37.7. The molecule has 0 aromatic carbocycles. The van der Waals surface area contributed by atoms with Crippen molar-refractivity contribution in [1.82, 2.24) is 5.32 Å². The van der Waals surface area contributed by atoms with E-state index in [0.717, 1.165) is 6.42 Å². The highest BCUT2D eigenvalue weighted by Gasteiger charge is 2.63. The Hall–Kier alpha value is -1.10. The fraction of sp³-hybridized carbons (Fsp3) is 0.800. The maximum Gasteiger partial charge on any atom is 0.334 e. The van der Waals surface area contributed by atoms with Gasteiger partial charge in [-0.1, -0.05) is 0 Å². The molecule has 1 aliphatic carbocycles. The van der Waals surface area contributed by atoms with Gasteiger partial charge in [-0.05, 0) is 18.8 Å². The minimum Gasteiger partial charge on any atom is -0.467 e. The third-order valence-electron chi connectivity index (χ3n) is 3.23. The van der Waals surface area contributed by atoms with Crippen molar-refractivity contribution in [3.8, 4) is 0 Å². The van der Waals surface area contributed by atoms with Crippen molar-refractivity contribution < 1.29 is 19.1 Å². The first-order valence-electron chi connectivity index (χ1n) is 5.09. The molecule has 15 heavy (non-hydrogen) atoms. The molecule has 5 heteroatoms. The molecule has 0 bridgehead atoms. The summed E-state index contributed by atoms with van der Waals surface area (Å²) in [5, 5.41) is 2.68. The van der Waals surface area contributed by atoms with Gasteiger partial charge in [-0.25, -0.2) is 4.79 Å². The van der Waals surface area contributed by atoms with Crippen molar-refractivity contribution in [1.29, 1.82) is 0 Å². The Morgan fingerprint density at radius 3 is 2.80 bits per heavy atom. The predicted octanol–water partition coefficient (Wildman–Crippen LogP) is -0.157. The van der Waals surface area contributed by atoms with E-state index in [9.17, 15) is 9.59 Å². The van der Waals surface area contributed by atoms with Crippen LogP contribution in [0.5, 0.6) is 0 Å². The highest BCUT2D eigenvalue weighted by molar-refractivity contribution is 5.89. The van der Waals surface area contributed by atoms with Crippen molar-refractivity contribution in [3.63, 3.8) is 0 Å². The molecule has 2 fully saturated rings. The van der Waals surface area contributed by atoms with Gasteiger partial charge < -0.3 is 14.8 Å². The topological polar surface area (TPSA) is 64.6 Å². The first-order valence-corrected chi connectivity index (χ1v) is 5.09. The van der Waals surface area contributed by atoms with Crippen LogP contribution in [-0.4, -0.2) is 37.2 Å². The zero-order valence-corrected chi connectivity index (χ0v) is 8.91. The second-order valence-corrected chi connectivity index (χ2v) is 4.19. The lowest BCUT2D eigenvalue weighted by atomic mass is 9.65. The number of nitrogens with one attached hydrogen (secondary N) is 1. The number of rotatable bonds is 2. The van der Waals surface area contributed by atoms with Gasteiger partial charge in [0.1, 0.15) is 0 Å². The quantitative estimate of drug-likeness (QED) is 0.647. The van der Waals surface area contributed by atoms with Crippen molar-refractivity contribution in [2.75, 3.05) is 13.7 Å². The fourth-order valence-corrected chi connectivity index (χ4v) is 2.63. The minimum absolute atomic E-state index is 0.200. The number of carbonyl (C=O) groups excluding carboxylic acids is 2. The Bertz CT molecular complexity index is 304. The van der Waals surface area contributed by atoms with Gasteiger partial charge in [-0.15, -0.1) is 0 Å². The molecule has 3 atom stereocenters. The van der Waals surface area contributed by atoms with Crippen LogP contribution in [0.15, 0.2) is 0 Å². The van der Waals surface area contributed by atoms with Crippen LogP contribution in [0.2, 0.25) is 0 Å². The predicted molar refractivity (Wildman–Crippen MR) is 51.0 cm³/mol. The summed E-state index contributed by atoms with van der Waals surface area (Å²) in [5.74, 6) is -0.244. The van der Waals surface area contributed by atoms with Crippen LogP contribution in [-0.2, 0) is 19.1 Å². The lowest BCUT2D eigenvalue weighted by molar-refractivity contribution is -0.170. The molecule has 0 unspecified atom stereocenters. The summed E-state index contributed by atoms with van der Waals surface area (Å²) < 4.78 is 10.2. The molecule has 1 N–H and O–H groups in total. The van der Waals surface area contributed by atoms with Crippen LogP contribution in [0.1, 0.15) is 19.8 Å². The molecule has 0 aromatic heterocycles. The molecule has 0 radical (unpaired) electrons. The van der Waals surface area contributed by atoms with Crippen LogP contribution in [0.3, 0.4) is 0 Å². The highest BCUT2D eigenvalue weighted by atomic mass is 16.5. The molecule has 1 aliphatic heterocycles. The number of carbonyl (C=O) groups is 2. The van der Waals surface area contributed by atoms with Gasteiger partial charge in [-0.2, -0.15) is 0 Å². The van der Waals surface area contributed by atoms with Gasteiger partial charge in [-0.3, -0.25) is 4.79 Å². The van der Waals surface area contributed by atoms with Gasteiger partial charge in [0.15, 0.2) is 5.54 Å². The largest absolute Gasteiger partial charge is 0.467 e. The van der Waals surface area contributed by atoms with Crippen LogP contribution in [0, 0.1) is 5.92 Å². The Morgan fingerprint density at radius 1 is 1.53 bits per heavy atom. The van der Waals surface area contributed by atoms with E-state index in [1.165, 1.54) is 14.0 Å². The summed E-state index contributed by atoms with van der Waals surface area (Å²) in [4.78, 5) is 22.8. The third kappa shape index (κ3) is 1.42. The Labute approximate surface area is 88.1 Å². The van der Waals surface area contributed by atoms with E-state index in [0.29, 0.717) is 18.9 Å². The molecule has 2 aliphatic rings. The van der Waals surface area contributed by atoms with E-state index in [1.807, 2.05) is 0 Å². The Balaban J connectivity index is 2.17. The van der Waals surface area contributed by atoms with Gasteiger partial charge in [0.2, 0.25) is 5.91 Å². The van der Waals surface area contributed by atoms with Crippen molar-refractivity contribution in [2.24, 2.45) is 5.92 Å². The van der Waals surface area contributed by atoms with E-state index in [4.69, 9.17) is 9.47 Å². The smallest absolute Gasteiger partial charge is 0.334 e. The number of amides is 1. The summed E-state index contributed by atoms with van der Waals surface area (Å²) >= 11 is 0. The van der Waals surface area contributed by atoms with E-state index < -0.39 is 11.5 Å². The summed E-state index contributed by atoms with van der Waals surface area (Å²) in [5.41, 5.74) is -0.929. The Morgan fingerprint density at radius 2 is 2.27 bits per heavy atom. The monoisotopic (exact) mass is 213 g/mol. The number of hydrogen-bond donors (Lipinski definition) is 1. The SMILES string of the molecule is COC(=O)[C@@]1(NC(C)=O)C[C@@H]2CCO[C@@H]21.